The Balaban J connectivity index is 0.000000114. The molecule has 3 aromatic rings. The third-order valence-corrected chi connectivity index (χ3v) is 12.2. The molecular formula is C42H43N7O10. The van der Waals surface area contributed by atoms with E-state index in [1.54, 1.807) is 21.3 Å². The average Bonchev–Trinajstić information content (AvgIpc) is 4.18. The number of nitrogens with zero attached hydrogens (tertiary/aromatic N) is 6. The highest BCUT2D eigenvalue weighted by molar-refractivity contribution is 6.51. The first-order valence-electron chi connectivity index (χ1n) is 19.9. The number of hydrogen-bond acceptors (Lipinski definition) is 14. The van der Waals surface area contributed by atoms with Crippen LogP contribution in [0.15, 0.2) is 34.8 Å². The molecule has 3 aromatic heterocycles. The van der Waals surface area contributed by atoms with Gasteiger partial charge in [-0.1, -0.05) is 19.9 Å². The van der Waals surface area contributed by atoms with E-state index < -0.39 is 24.0 Å². The van der Waals surface area contributed by atoms with Gasteiger partial charge >= 0.3 is 0 Å². The quantitative estimate of drug-likeness (QED) is 0.137. The van der Waals surface area contributed by atoms with Crippen molar-refractivity contribution in [2.45, 2.75) is 65.0 Å². The summed E-state index contributed by atoms with van der Waals surface area (Å²) in [5.41, 5.74) is 5.80. The number of Topliss-reactive ketones (excluding diaryl/α,β-unsaturated/α-hetero) is 5. The van der Waals surface area contributed by atoms with Crippen LogP contribution < -0.4 is 0 Å². The molecule has 0 saturated carbocycles. The van der Waals surface area contributed by atoms with Gasteiger partial charge in [0.05, 0.1) is 41.4 Å². The van der Waals surface area contributed by atoms with E-state index >= 15 is 0 Å². The van der Waals surface area contributed by atoms with Crippen LogP contribution in [0.25, 0.3) is 11.8 Å². The fourth-order valence-electron chi connectivity index (χ4n) is 8.83. The number of fused-ring (bicyclic) bond motifs is 7. The minimum atomic E-state index is -0.607. The van der Waals surface area contributed by atoms with E-state index in [-0.39, 0.29) is 75.2 Å². The van der Waals surface area contributed by atoms with E-state index in [1.807, 2.05) is 11.8 Å². The summed E-state index contributed by atoms with van der Waals surface area (Å²) in [7, 11) is 0. The van der Waals surface area contributed by atoms with Crippen molar-refractivity contribution in [3.05, 3.63) is 97.1 Å². The van der Waals surface area contributed by atoms with Gasteiger partial charge in [-0.2, -0.15) is 4.73 Å². The summed E-state index contributed by atoms with van der Waals surface area (Å²) in [6, 6.07) is 0. The monoisotopic (exact) mass is 805 g/mol. The Morgan fingerprint density at radius 3 is 2.12 bits per heavy atom. The highest BCUT2D eigenvalue weighted by atomic mass is 16.5. The van der Waals surface area contributed by atoms with Crippen LogP contribution in [0.4, 0.5) is 0 Å². The number of ketones is 6. The van der Waals surface area contributed by atoms with E-state index in [4.69, 9.17) is 5.11 Å². The number of imidazole rings is 1. The van der Waals surface area contributed by atoms with E-state index in [9.17, 15) is 44.2 Å². The number of nitrogens with one attached hydrogen (secondary N) is 1. The van der Waals surface area contributed by atoms with Crippen molar-refractivity contribution < 1.29 is 49.3 Å². The number of allylic oxidation sites excluding steroid dienone is 5. The van der Waals surface area contributed by atoms with Crippen molar-refractivity contribution in [1.82, 2.24) is 34.0 Å². The van der Waals surface area contributed by atoms with Crippen LogP contribution >= 0.6 is 0 Å². The highest BCUT2D eigenvalue weighted by Gasteiger charge is 2.45. The second kappa shape index (κ2) is 13.9. The molecule has 3 fully saturated rings. The Morgan fingerprint density at radius 1 is 0.797 bits per heavy atom. The number of rotatable bonds is 6. The first-order chi connectivity index (χ1) is 28.3. The molecule has 3 saturated heterocycles. The smallest absolute Gasteiger partial charge is 0.255 e. The maximum absolute atomic E-state index is 12.6. The summed E-state index contributed by atoms with van der Waals surface area (Å²) in [5, 5.41) is 38.7. The summed E-state index contributed by atoms with van der Waals surface area (Å²) < 4.78 is 2.39. The van der Waals surface area contributed by atoms with Gasteiger partial charge in [0, 0.05) is 74.6 Å². The number of carbonyl (C=O) groups excluding carboxylic acids is 6. The molecule has 59 heavy (non-hydrogen) atoms. The summed E-state index contributed by atoms with van der Waals surface area (Å²) in [6.07, 6.45) is 6.82. The lowest BCUT2D eigenvalue weighted by atomic mass is 9.90. The Kier molecular flexibility index (Phi) is 9.00. The first kappa shape index (κ1) is 38.2. The van der Waals surface area contributed by atoms with Gasteiger partial charge in [0.15, 0.2) is 11.5 Å². The normalized spacial score (nSPS) is 22.3. The van der Waals surface area contributed by atoms with E-state index in [1.165, 1.54) is 18.2 Å². The number of aromatic nitrogens is 4. The molecular weight excluding hydrogens is 763 g/mol. The second-order valence-corrected chi connectivity index (χ2v) is 16.0. The standard InChI is InChI=1S/C15H16N2O2.C14H14N2O5.C13H13N3O3/c1-7-3-4-9-10-12(16-11(7)9)15(19)13(17-5-6-17)8(2)14(10)18;17-5-1-2-9-8(7-18)12-13(16(9)21)11(19)6-10(14(12)20)15-3-4-15;1-6-2-3-16-8-7(14-13(6)16)10(17)9(15-4-5-15)12(19)11(8)18/h7,16H,3-6H2,1-2H3;1-2,6,17-18,21H,3-5,7H2;6,17H,2-5H2,1H3/b;2-1+;. The molecule has 4 aliphatic carbocycles. The van der Waals surface area contributed by atoms with Crippen molar-refractivity contribution in [3.63, 3.8) is 0 Å². The molecule has 5 N–H and O–H groups in total. The largest absolute Gasteiger partial charge is 0.504 e. The number of H-pyrrole nitrogens is 1. The lowest BCUT2D eigenvalue weighted by molar-refractivity contribution is -0.112. The van der Waals surface area contributed by atoms with E-state index in [2.05, 4.69) is 16.9 Å². The molecule has 306 valence electrons. The number of aromatic amines is 1. The molecule has 0 radical (unpaired) electrons. The molecule has 17 nitrogen and oxygen atoms in total. The SMILES string of the molecule is CC1=C(N2CC2)C(=O)c2[nH]c3c(c2C1=O)CCC3C.CC1CCn2c1nc1c2C(=O)C(=O)C(N2CC2)=C1O.O=C1C(N2CC2)=CC(=O)c2c1c(CO)c(/C=C/CO)n2O. The zero-order valence-corrected chi connectivity index (χ0v) is 32.8. The summed E-state index contributed by atoms with van der Waals surface area (Å²) in [5.74, 6) is -0.611. The summed E-state index contributed by atoms with van der Waals surface area (Å²) >= 11 is 0. The van der Waals surface area contributed by atoms with Crippen LogP contribution in [-0.4, -0.2) is 135 Å². The first-order valence-corrected chi connectivity index (χ1v) is 19.9. The molecule has 11 rings (SSSR count). The van der Waals surface area contributed by atoms with Crippen LogP contribution in [0.2, 0.25) is 0 Å². The Bertz CT molecular complexity index is 2580. The minimum absolute atomic E-state index is 0.00574. The lowest BCUT2D eigenvalue weighted by Crippen LogP contribution is -2.29. The maximum Gasteiger partial charge on any atom is 0.255 e. The molecule has 7 heterocycles. The number of aliphatic hydroxyl groups excluding tert-OH is 3. The molecule has 0 spiro atoms. The fraction of sp³-hybridized carbons (Fsp3) is 0.405. The number of carbonyl (C=O) groups is 6. The summed E-state index contributed by atoms with van der Waals surface area (Å²) in [6.45, 7) is 10.5. The molecule has 0 bridgehead atoms. The van der Waals surface area contributed by atoms with Gasteiger partial charge in [-0.05, 0) is 43.7 Å². The van der Waals surface area contributed by atoms with Crippen LogP contribution in [0.5, 0.6) is 0 Å². The number of hydrogen-bond donors (Lipinski definition) is 5. The van der Waals surface area contributed by atoms with Crippen LogP contribution in [-0.2, 0) is 24.4 Å². The van der Waals surface area contributed by atoms with Gasteiger partial charge in [-0.25, -0.2) is 4.98 Å². The van der Waals surface area contributed by atoms with Crippen molar-refractivity contribution in [2.75, 3.05) is 45.9 Å². The topological polar surface area (TPSA) is 231 Å². The van der Waals surface area contributed by atoms with Crippen molar-refractivity contribution in [3.8, 4) is 0 Å². The second-order valence-electron chi connectivity index (χ2n) is 16.0. The van der Waals surface area contributed by atoms with Gasteiger partial charge in [-0.3, -0.25) is 28.8 Å². The Morgan fingerprint density at radius 2 is 1.47 bits per heavy atom. The molecule has 2 atom stereocenters. The van der Waals surface area contributed by atoms with Gasteiger partial charge in [0.1, 0.15) is 34.3 Å². The van der Waals surface area contributed by atoms with Gasteiger partial charge < -0.3 is 44.8 Å². The van der Waals surface area contributed by atoms with Crippen molar-refractivity contribution in [2.24, 2.45) is 0 Å². The maximum atomic E-state index is 12.6. The van der Waals surface area contributed by atoms with Crippen molar-refractivity contribution in [1.29, 1.82) is 0 Å². The molecule has 17 heteroatoms. The molecule has 0 amide bonds. The minimum Gasteiger partial charge on any atom is -0.504 e. The van der Waals surface area contributed by atoms with Crippen LogP contribution in [0.3, 0.4) is 0 Å². The lowest BCUT2D eigenvalue weighted by Gasteiger charge is -2.18. The molecule has 4 aliphatic heterocycles. The predicted molar refractivity (Wildman–Crippen MR) is 208 cm³/mol. The summed E-state index contributed by atoms with van der Waals surface area (Å²) in [4.78, 5) is 87.2. The van der Waals surface area contributed by atoms with Gasteiger partial charge in [-0.15, -0.1) is 0 Å². The zero-order chi connectivity index (χ0) is 41.8. The zero-order valence-electron chi connectivity index (χ0n) is 32.8. The Hall–Kier alpha value is -6.33. The third-order valence-electron chi connectivity index (χ3n) is 12.2. The highest BCUT2D eigenvalue weighted by Crippen LogP contribution is 2.41. The van der Waals surface area contributed by atoms with Gasteiger partial charge in [0.2, 0.25) is 17.3 Å². The molecule has 2 unspecified atom stereocenters. The van der Waals surface area contributed by atoms with Crippen molar-refractivity contribution >= 4 is 46.5 Å². The third kappa shape index (κ3) is 5.93. The fourth-order valence-corrected chi connectivity index (χ4v) is 8.83. The predicted octanol–water partition coefficient (Wildman–Crippen LogP) is 2.53. The van der Waals surface area contributed by atoms with Crippen LogP contribution in [0, 0.1) is 0 Å². The molecule has 8 aliphatic rings. The van der Waals surface area contributed by atoms with Crippen LogP contribution in [0.1, 0.15) is 132 Å². The Labute approximate surface area is 337 Å². The average molecular weight is 806 g/mol. The van der Waals surface area contributed by atoms with E-state index in [0.29, 0.717) is 71.6 Å². The number of aliphatic hydroxyl groups is 3. The molecule has 0 aromatic carbocycles. The van der Waals surface area contributed by atoms with Gasteiger partial charge in [0.25, 0.3) is 11.6 Å². The van der Waals surface area contributed by atoms with E-state index in [0.717, 1.165) is 49.4 Å².